The van der Waals surface area contributed by atoms with Gasteiger partial charge in [-0.25, -0.2) is 9.97 Å². The van der Waals surface area contributed by atoms with E-state index in [1.807, 2.05) is 18.2 Å². The van der Waals surface area contributed by atoms with Crippen LogP contribution in [0, 0.1) is 5.92 Å². The number of aliphatic carboxylic acids is 1. The van der Waals surface area contributed by atoms with E-state index in [1.54, 1.807) is 6.20 Å². The van der Waals surface area contributed by atoms with E-state index in [-0.39, 0.29) is 5.92 Å². The monoisotopic (exact) mass is 324 g/mol. The van der Waals surface area contributed by atoms with Crippen molar-refractivity contribution in [2.75, 3.05) is 18.0 Å². The molecule has 1 fully saturated rings. The Hall–Kier alpha value is -2.50. The van der Waals surface area contributed by atoms with E-state index in [4.69, 9.17) is 9.97 Å². The molecule has 2 aromatic heterocycles. The van der Waals surface area contributed by atoms with Crippen LogP contribution in [-0.2, 0) is 17.6 Å². The molecule has 0 radical (unpaired) electrons. The molecule has 0 amide bonds. The van der Waals surface area contributed by atoms with Crippen LogP contribution in [0.15, 0.2) is 24.4 Å². The number of hydrogen-bond donors (Lipinski definition) is 1. The van der Waals surface area contributed by atoms with Crippen LogP contribution in [0.1, 0.15) is 30.5 Å². The number of anilines is 1. The van der Waals surface area contributed by atoms with Gasteiger partial charge in [-0.05, 0) is 44.2 Å². The van der Waals surface area contributed by atoms with Crippen molar-refractivity contribution in [3.63, 3.8) is 0 Å². The van der Waals surface area contributed by atoms with E-state index in [1.165, 1.54) is 5.56 Å². The highest BCUT2D eigenvalue weighted by atomic mass is 16.4. The quantitative estimate of drug-likeness (QED) is 0.933. The molecule has 124 valence electrons. The molecule has 2 aromatic rings. The lowest BCUT2D eigenvalue weighted by Gasteiger charge is -2.33. The number of carbonyl (C=O) groups is 1. The lowest BCUT2D eigenvalue weighted by Crippen LogP contribution is -2.39. The first kappa shape index (κ1) is 15.1. The van der Waals surface area contributed by atoms with Crippen LogP contribution in [0.3, 0.4) is 0 Å². The van der Waals surface area contributed by atoms with Crippen LogP contribution in [-0.4, -0.2) is 39.1 Å². The molecule has 0 aromatic carbocycles. The Morgan fingerprint density at radius 2 is 2.12 bits per heavy atom. The lowest BCUT2D eigenvalue weighted by molar-refractivity contribution is -0.141. The maximum atomic E-state index is 11.4. The van der Waals surface area contributed by atoms with Crippen molar-refractivity contribution in [3.05, 3.63) is 35.7 Å². The molecule has 0 saturated carbocycles. The molecule has 1 atom stereocenters. The molecule has 1 aliphatic carbocycles. The summed E-state index contributed by atoms with van der Waals surface area (Å²) in [4.78, 5) is 27.4. The topological polar surface area (TPSA) is 79.2 Å². The number of carboxylic acids is 1. The van der Waals surface area contributed by atoms with E-state index < -0.39 is 5.97 Å². The molecular formula is C18H20N4O2. The van der Waals surface area contributed by atoms with Gasteiger partial charge in [0.2, 0.25) is 0 Å². The van der Waals surface area contributed by atoms with Crippen LogP contribution in [0.25, 0.3) is 11.5 Å². The zero-order valence-electron chi connectivity index (χ0n) is 13.5. The van der Waals surface area contributed by atoms with Crippen molar-refractivity contribution >= 4 is 11.8 Å². The lowest BCUT2D eigenvalue weighted by atomic mass is 9.98. The van der Waals surface area contributed by atoms with Gasteiger partial charge in [-0.1, -0.05) is 6.07 Å². The van der Waals surface area contributed by atoms with E-state index in [0.717, 1.165) is 55.9 Å². The molecule has 4 rings (SSSR count). The standard InChI is InChI=1S/C18H20N4O2/c23-18(24)12-5-4-10-22(11-12)17-13-6-3-8-14(13)20-16(21-17)15-7-1-2-9-19-15/h1-2,7,9,12H,3-6,8,10-11H2,(H,23,24). The van der Waals surface area contributed by atoms with Crippen LogP contribution >= 0.6 is 0 Å². The van der Waals surface area contributed by atoms with Gasteiger partial charge < -0.3 is 10.0 Å². The van der Waals surface area contributed by atoms with Gasteiger partial charge in [-0.2, -0.15) is 0 Å². The number of carboxylic acid groups (broad SMARTS) is 1. The summed E-state index contributed by atoms with van der Waals surface area (Å²) in [5.41, 5.74) is 3.05. The zero-order valence-corrected chi connectivity index (χ0v) is 13.5. The van der Waals surface area contributed by atoms with Crippen LogP contribution in [0.5, 0.6) is 0 Å². The highest BCUT2D eigenvalue weighted by molar-refractivity contribution is 5.71. The maximum Gasteiger partial charge on any atom is 0.308 e. The van der Waals surface area contributed by atoms with Crippen molar-refractivity contribution in [1.82, 2.24) is 15.0 Å². The Bertz CT molecular complexity index is 763. The summed E-state index contributed by atoms with van der Waals surface area (Å²) in [6, 6.07) is 5.72. The summed E-state index contributed by atoms with van der Waals surface area (Å²) in [6.45, 7) is 1.38. The average molecular weight is 324 g/mol. The Morgan fingerprint density at radius 1 is 1.21 bits per heavy atom. The second-order valence-corrected chi connectivity index (χ2v) is 6.49. The molecule has 1 unspecified atom stereocenters. The van der Waals surface area contributed by atoms with Crippen molar-refractivity contribution in [2.45, 2.75) is 32.1 Å². The van der Waals surface area contributed by atoms with E-state index in [2.05, 4.69) is 9.88 Å². The summed E-state index contributed by atoms with van der Waals surface area (Å²) in [5.74, 6) is 0.534. The predicted molar refractivity (Wildman–Crippen MR) is 89.9 cm³/mol. The molecule has 2 aliphatic rings. The van der Waals surface area contributed by atoms with E-state index >= 15 is 0 Å². The third-order valence-corrected chi connectivity index (χ3v) is 4.88. The number of rotatable bonds is 3. The van der Waals surface area contributed by atoms with E-state index in [0.29, 0.717) is 12.4 Å². The van der Waals surface area contributed by atoms with Crippen molar-refractivity contribution in [3.8, 4) is 11.5 Å². The van der Waals surface area contributed by atoms with Gasteiger partial charge in [0.15, 0.2) is 5.82 Å². The molecule has 1 aliphatic heterocycles. The summed E-state index contributed by atoms with van der Waals surface area (Å²) in [6.07, 6.45) is 6.38. The summed E-state index contributed by atoms with van der Waals surface area (Å²) < 4.78 is 0. The molecule has 0 spiro atoms. The summed E-state index contributed by atoms with van der Waals surface area (Å²) in [5, 5.41) is 9.36. The number of aryl methyl sites for hydroxylation is 1. The molecule has 3 heterocycles. The van der Waals surface area contributed by atoms with Crippen LogP contribution < -0.4 is 4.90 Å². The Balaban J connectivity index is 1.74. The zero-order chi connectivity index (χ0) is 16.5. The Labute approximate surface area is 140 Å². The van der Waals surface area contributed by atoms with Crippen LogP contribution in [0.4, 0.5) is 5.82 Å². The Kier molecular flexibility index (Phi) is 3.88. The highest BCUT2D eigenvalue weighted by Crippen LogP contribution is 2.33. The molecular weight excluding hydrogens is 304 g/mol. The van der Waals surface area contributed by atoms with Gasteiger partial charge in [0.05, 0.1) is 5.92 Å². The van der Waals surface area contributed by atoms with E-state index in [9.17, 15) is 9.90 Å². The van der Waals surface area contributed by atoms with Crippen molar-refractivity contribution in [1.29, 1.82) is 0 Å². The second kappa shape index (κ2) is 6.19. The summed E-state index contributed by atoms with van der Waals surface area (Å²) in [7, 11) is 0. The SMILES string of the molecule is O=C(O)C1CCCN(c2nc(-c3ccccn3)nc3c2CCC3)C1. The second-order valence-electron chi connectivity index (χ2n) is 6.49. The minimum atomic E-state index is -0.713. The van der Waals surface area contributed by atoms with Gasteiger partial charge in [0.25, 0.3) is 0 Å². The maximum absolute atomic E-state index is 11.4. The largest absolute Gasteiger partial charge is 0.481 e. The number of nitrogens with zero attached hydrogens (tertiary/aromatic N) is 4. The molecule has 6 nitrogen and oxygen atoms in total. The van der Waals surface area contributed by atoms with Gasteiger partial charge in [0.1, 0.15) is 11.5 Å². The number of hydrogen-bond acceptors (Lipinski definition) is 5. The fourth-order valence-electron chi connectivity index (χ4n) is 3.65. The van der Waals surface area contributed by atoms with Gasteiger partial charge in [0, 0.05) is 30.5 Å². The Morgan fingerprint density at radius 3 is 2.92 bits per heavy atom. The first-order valence-electron chi connectivity index (χ1n) is 8.51. The highest BCUT2D eigenvalue weighted by Gasteiger charge is 2.30. The predicted octanol–water partition coefficient (Wildman–Crippen LogP) is 2.33. The van der Waals surface area contributed by atoms with Gasteiger partial charge in [-0.15, -0.1) is 0 Å². The number of pyridine rings is 1. The molecule has 1 saturated heterocycles. The third-order valence-electron chi connectivity index (χ3n) is 4.88. The van der Waals surface area contributed by atoms with Gasteiger partial charge >= 0.3 is 5.97 Å². The first-order valence-corrected chi connectivity index (χ1v) is 8.51. The number of aromatic nitrogens is 3. The number of fused-ring (bicyclic) bond motifs is 1. The summed E-state index contributed by atoms with van der Waals surface area (Å²) >= 11 is 0. The molecule has 0 bridgehead atoms. The minimum absolute atomic E-state index is 0.316. The van der Waals surface area contributed by atoms with Crippen LogP contribution in [0.2, 0.25) is 0 Å². The van der Waals surface area contributed by atoms with Crippen molar-refractivity contribution in [2.24, 2.45) is 5.92 Å². The fraction of sp³-hybridized carbons (Fsp3) is 0.444. The molecule has 6 heteroatoms. The normalized spacial score (nSPS) is 20.0. The fourth-order valence-corrected chi connectivity index (χ4v) is 3.65. The minimum Gasteiger partial charge on any atom is -0.481 e. The smallest absolute Gasteiger partial charge is 0.308 e. The van der Waals surface area contributed by atoms with Crippen molar-refractivity contribution < 1.29 is 9.90 Å². The molecule has 1 N–H and O–H groups in total. The third kappa shape index (κ3) is 2.72. The van der Waals surface area contributed by atoms with Gasteiger partial charge in [-0.3, -0.25) is 9.78 Å². The number of piperidine rings is 1. The average Bonchev–Trinajstić information content (AvgIpc) is 3.10. The molecule has 24 heavy (non-hydrogen) atoms. The first-order chi connectivity index (χ1) is 11.7.